The quantitative estimate of drug-likeness (QED) is 0.164. The molecule has 0 saturated carbocycles. The van der Waals surface area contributed by atoms with Crippen LogP contribution in [0.15, 0.2) is 194 Å². The molecular formula is C49H32N2S2. The largest absolute Gasteiger partial charge is 0.310 e. The van der Waals surface area contributed by atoms with Gasteiger partial charge in [0.15, 0.2) is 0 Å². The summed E-state index contributed by atoms with van der Waals surface area (Å²) in [5.74, 6) is 0. The van der Waals surface area contributed by atoms with Crippen LogP contribution in [0.1, 0.15) is 0 Å². The van der Waals surface area contributed by atoms with Crippen molar-refractivity contribution in [2.24, 2.45) is 0 Å². The zero-order chi connectivity index (χ0) is 35.1. The summed E-state index contributed by atoms with van der Waals surface area (Å²) in [6, 6.07) is 69.8. The van der Waals surface area contributed by atoms with Crippen LogP contribution in [0.4, 0.5) is 17.1 Å². The predicted molar refractivity (Wildman–Crippen MR) is 229 cm³/mol. The lowest BCUT2D eigenvalue weighted by Crippen LogP contribution is -2.09. The minimum Gasteiger partial charge on any atom is -0.310 e. The lowest BCUT2D eigenvalue weighted by Gasteiger charge is -2.26. The van der Waals surface area contributed by atoms with E-state index in [1.54, 1.807) is 11.3 Å². The maximum atomic E-state index is 5.02. The number of anilines is 3. The van der Waals surface area contributed by atoms with Crippen LogP contribution in [0.25, 0.3) is 74.3 Å². The van der Waals surface area contributed by atoms with Crippen molar-refractivity contribution in [3.8, 4) is 44.0 Å². The average molecular weight is 713 g/mol. The Balaban J connectivity index is 1.03. The second kappa shape index (κ2) is 13.3. The van der Waals surface area contributed by atoms with Gasteiger partial charge in [-0.15, -0.1) is 22.7 Å². The Bertz CT molecular complexity index is 2840. The van der Waals surface area contributed by atoms with Crippen LogP contribution in [0.2, 0.25) is 0 Å². The predicted octanol–water partition coefficient (Wildman–Crippen LogP) is 14.8. The first-order chi connectivity index (χ1) is 26.2. The lowest BCUT2D eigenvalue weighted by molar-refractivity contribution is 1.29. The molecule has 250 valence electrons. The maximum absolute atomic E-state index is 5.02. The number of hydrogen-bond acceptors (Lipinski definition) is 4. The molecule has 0 atom stereocenters. The molecule has 10 rings (SSSR count). The third-order valence-electron chi connectivity index (χ3n) is 9.93. The number of nitrogens with zero attached hydrogens (tertiary/aromatic N) is 2. The Kier molecular flexibility index (Phi) is 7.90. The lowest BCUT2D eigenvalue weighted by atomic mass is 10.00. The van der Waals surface area contributed by atoms with Gasteiger partial charge in [0, 0.05) is 42.8 Å². The number of rotatable bonds is 7. The minimum absolute atomic E-state index is 1.06. The van der Waals surface area contributed by atoms with E-state index in [1.807, 2.05) is 11.3 Å². The van der Waals surface area contributed by atoms with E-state index in [1.165, 1.54) is 58.3 Å². The first-order valence-corrected chi connectivity index (χ1v) is 19.4. The normalized spacial score (nSPS) is 11.4. The van der Waals surface area contributed by atoms with Crippen molar-refractivity contribution in [2.75, 3.05) is 4.90 Å². The molecule has 53 heavy (non-hydrogen) atoms. The molecule has 8 aromatic carbocycles. The Morgan fingerprint density at radius 1 is 0.321 bits per heavy atom. The van der Waals surface area contributed by atoms with E-state index < -0.39 is 0 Å². The molecule has 0 unspecified atom stereocenters. The molecular weight excluding hydrogens is 681 g/mol. The van der Waals surface area contributed by atoms with Crippen LogP contribution in [-0.4, -0.2) is 4.98 Å². The minimum atomic E-state index is 1.06. The molecule has 0 spiro atoms. The Hall–Kier alpha value is -6.33. The van der Waals surface area contributed by atoms with Gasteiger partial charge in [-0.2, -0.15) is 0 Å². The Morgan fingerprint density at radius 3 is 1.28 bits per heavy atom. The van der Waals surface area contributed by atoms with Gasteiger partial charge in [0.05, 0.1) is 10.2 Å². The summed E-state index contributed by atoms with van der Waals surface area (Å²) in [6.45, 7) is 0. The van der Waals surface area contributed by atoms with Crippen molar-refractivity contribution in [1.29, 1.82) is 0 Å². The molecule has 10 aromatic rings. The zero-order valence-corrected chi connectivity index (χ0v) is 30.3. The summed E-state index contributed by atoms with van der Waals surface area (Å²) < 4.78 is 3.74. The van der Waals surface area contributed by atoms with Crippen molar-refractivity contribution in [3.63, 3.8) is 0 Å². The summed E-state index contributed by atoms with van der Waals surface area (Å²) in [5, 5.41) is 3.63. The molecule has 0 bridgehead atoms. The zero-order valence-electron chi connectivity index (χ0n) is 28.7. The first-order valence-electron chi connectivity index (χ1n) is 17.8. The van der Waals surface area contributed by atoms with Crippen molar-refractivity contribution < 1.29 is 0 Å². The molecule has 0 saturated heterocycles. The molecule has 0 amide bonds. The summed E-state index contributed by atoms with van der Waals surface area (Å²) >= 11 is 3.60. The molecule has 2 aromatic heterocycles. The fraction of sp³-hybridized carbons (Fsp3) is 0. The topological polar surface area (TPSA) is 16.1 Å². The fourth-order valence-corrected chi connectivity index (χ4v) is 9.34. The number of thiazole rings is 1. The van der Waals surface area contributed by atoms with Crippen LogP contribution >= 0.6 is 22.7 Å². The van der Waals surface area contributed by atoms with Crippen LogP contribution in [0.3, 0.4) is 0 Å². The van der Waals surface area contributed by atoms with E-state index in [0.717, 1.165) is 33.1 Å². The van der Waals surface area contributed by atoms with Crippen LogP contribution in [0, 0.1) is 0 Å². The smallest absolute Gasteiger partial charge is 0.124 e. The fourth-order valence-electron chi connectivity index (χ4n) is 7.20. The van der Waals surface area contributed by atoms with E-state index in [-0.39, 0.29) is 0 Å². The second-order valence-electron chi connectivity index (χ2n) is 13.2. The molecule has 0 aliphatic carbocycles. The molecule has 0 N–H and O–H groups in total. The first kappa shape index (κ1) is 31.4. The second-order valence-corrected chi connectivity index (χ2v) is 15.3. The van der Waals surface area contributed by atoms with E-state index in [9.17, 15) is 0 Å². The van der Waals surface area contributed by atoms with Gasteiger partial charge in [0.25, 0.3) is 0 Å². The molecule has 0 aliphatic rings. The van der Waals surface area contributed by atoms with Gasteiger partial charge in [0.1, 0.15) is 5.01 Å². The third-order valence-corrected chi connectivity index (χ3v) is 12.1. The van der Waals surface area contributed by atoms with Gasteiger partial charge in [-0.1, -0.05) is 146 Å². The van der Waals surface area contributed by atoms with Gasteiger partial charge in [-0.25, -0.2) is 4.98 Å². The molecule has 2 heterocycles. The maximum Gasteiger partial charge on any atom is 0.124 e. The van der Waals surface area contributed by atoms with Gasteiger partial charge in [0.2, 0.25) is 0 Å². The summed E-state index contributed by atoms with van der Waals surface area (Å²) in [4.78, 5) is 7.39. The molecule has 0 aliphatic heterocycles. The summed E-state index contributed by atoms with van der Waals surface area (Å²) in [7, 11) is 0. The molecule has 0 radical (unpaired) electrons. The van der Waals surface area contributed by atoms with Crippen LogP contribution in [0.5, 0.6) is 0 Å². The van der Waals surface area contributed by atoms with Gasteiger partial charge < -0.3 is 4.90 Å². The monoisotopic (exact) mass is 712 g/mol. The Morgan fingerprint density at radius 2 is 0.755 bits per heavy atom. The van der Waals surface area contributed by atoms with Crippen molar-refractivity contribution in [1.82, 2.24) is 4.98 Å². The molecule has 2 nitrogen and oxygen atoms in total. The number of hydrogen-bond donors (Lipinski definition) is 0. The number of thiophene rings is 1. The van der Waals surface area contributed by atoms with Gasteiger partial charge in [-0.05, 0) is 81.9 Å². The number of aromatic nitrogens is 1. The van der Waals surface area contributed by atoms with Crippen LogP contribution < -0.4 is 4.90 Å². The highest BCUT2D eigenvalue weighted by molar-refractivity contribution is 7.26. The molecule has 4 heteroatoms. The SMILES string of the molecule is c1ccc(-c2ccc(-c3ccc(N(c4ccc(-c5ccccc5)cc4)c4ccc5c(c4)sc4cc6nc(-c7ccccc7)sc6cc45)cc3)cc2)cc1. The highest BCUT2D eigenvalue weighted by Crippen LogP contribution is 2.43. The number of benzene rings is 8. The highest BCUT2D eigenvalue weighted by atomic mass is 32.1. The average Bonchev–Trinajstić information content (AvgIpc) is 3.82. The van der Waals surface area contributed by atoms with E-state index in [4.69, 9.17) is 4.98 Å². The number of fused-ring (bicyclic) bond motifs is 4. The van der Waals surface area contributed by atoms with Crippen molar-refractivity contribution in [2.45, 2.75) is 0 Å². The van der Waals surface area contributed by atoms with E-state index in [0.29, 0.717) is 0 Å². The third kappa shape index (κ3) is 5.98. The van der Waals surface area contributed by atoms with Gasteiger partial charge in [-0.3, -0.25) is 0 Å². The standard InChI is InChI=1S/C49H32N2S2/c1-4-10-33(11-5-1)35-16-18-36(19-17-35)38-22-26-41(27-23-38)51(40-24-20-37(21-25-40)34-12-6-2-7-13-34)42-28-29-43-44-31-48-45(32-47(44)52-46(43)30-42)50-49(53-48)39-14-8-3-9-15-39/h1-32H. The van der Waals surface area contributed by atoms with E-state index >= 15 is 0 Å². The van der Waals surface area contributed by atoms with Crippen LogP contribution in [-0.2, 0) is 0 Å². The molecule has 0 fully saturated rings. The summed E-state index contributed by atoms with van der Waals surface area (Å²) in [6.07, 6.45) is 0. The van der Waals surface area contributed by atoms with E-state index in [2.05, 4.69) is 199 Å². The van der Waals surface area contributed by atoms with Crippen molar-refractivity contribution >= 4 is 70.1 Å². The van der Waals surface area contributed by atoms with Crippen molar-refractivity contribution in [3.05, 3.63) is 194 Å². The Labute approximate surface area is 316 Å². The van der Waals surface area contributed by atoms with Gasteiger partial charge >= 0.3 is 0 Å². The summed E-state index contributed by atoms with van der Waals surface area (Å²) in [5.41, 5.74) is 12.8. The highest BCUT2D eigenvalue weighted by Gasteiger charge is 2.17.